The highest BCUT2D eigenvalue weighted by atomic mass is 16.4. The first kappa shape index (κ1) is 26.9. The molecule has 0 aromatic rings. The van der Waals surface area contributed by atoms with Crippen molar-refractivity contribution < 1.29 is 34.5 Å². The molecule has 0 aliphatic carbocycles. The molecule has 1 amide bonds. The van der Waals surface area contributed by atoms with Crippen LogP contribution >= 0.6 is 0 Å². The highest BCUT2D eigenvalue weighted by molar-refractivity contribution is 5.79. The Morgan fingerprint density at radius 1 is 0.517 bits per heavy atom. The van der Waals surface area contributed by atoms with Gasteiger partial charge in [-0.3, -0.25) is 19.2 Å². The van der Waals surface area contributed by atoms with Crippen LogP contribution in [0, 0.1) is 0 Å². The van der Waals surface area contributed by atoms with Gasteiger partial charge in [-0.2, -0.15) is 0 Å². The van der Waals surface area contributed by atoms with Gasteiger partial charge >= 0.3 is 17.9 Å². The Hall–Kier alpha value is -2.12. The van der Waals surface area contributed by atoms with Crippen molar-refractivity contribution in [3.8, 4) is 0 Å². The van der Waals surface area contributed by atoms with E-state index in [0.717, 1.165) is 44.9 Å². The monoisotopic (exact) mass is 415 g/mol. The van der Waals surface area contributed by atoms with Crippen LogP contribution in [-0.2, 0) is 19.2 Å². The van der Waals surface area contributed by atoms with Crippen molar-refractivity contribution in [1.29, 1.82) is 0 Å². The second-order valence-corrected chi connectivity index (χ2v) is 7.60. The van der Waals surface area contributed by atoms with Gasteiger partial charge in [-0.15, -0.1) is 0 Å². The summed E-state index contributed by atoms with van der Waals surface area (Å²) in [6.45, 7) is 0. The van der Waals surface area contributed by atoms with Gasteiger partial charge in [-0.1, -0.05) is 64.2 Å². The van der Waals surface area contributed by atoms with Crippen molar-refractivity contribution in [2.24, 2.45) is 0 Å². The predicted octanol–water partition coefficient (Wildman–Crippen LogP) is 3.97. The molecule has 0 atom stereocenters. The van der Waals surface area contributed by atoms with Gasteiger partial charge in [0.1, 0.15) is 0 Å². The van der Waals surface area contributed by atoms with E-state index in [1.54, 1.807) is 0 Å². The number of nitrogens with one attached hydrogen (secondary N) is 1. The molecule has 0 aliphatic rings. The molecular weight excluding hydrogens is 378 g/mol. The molecular formula is C21H37NO7. The molecule has 0 rings (SSSR count). The average molecular weight is 416 g/mol. The molecule has 0 bridgehead atoms. The molecule has 168 valence electrons. The Morgan fingerprint density at radius 3 is 1.21 bits per heavy atom. The maximum absolute atomic E-state index is 11.8. The van der Waals surface area contributed by atoms with E-state index in [2.05, 4.69) is 5.32 Å². The molecule has 0 fully saturated rings. The van der Waals surface area contributed by atoms with E-state index in [9.17, 15) is 19.2 Å². The van der Waals surface area contributed by atoms with Gasteiger partial charge < -0.3 is 20.6 Å². The number of carbonyl (C=O) groups excluding carboxylic acids is 1. The van der Waals surface area contributed by atoms with Crippen molar-refractivity contribution in [2.45, 2.75) is 109 Å². The van der Waals surface area contributed by atoms with Crippen molar-refractivity contribution in [3.63, 3.8) is 0 Å². The molecule has 0 spiro atoms. The first-order chi connectivity index (χ1) is 13.8. The summed E-state index contributed by atoms with van der Waals surface area (Å²) >= 11 is 0. The number of aliphatic carboxylic acids is 3. The van der Waals surface area contributed by atoms with Gasteiger partial charge in [-0.25, -0.2) is 0 Å². The maximum atomic E-state index is 11.8. The first-order valence-electron chi connectivity index (χ1n) is 10.8. The van der Waals surface area contributed by atoms with Crippen LogP contribution in [-0.4, -0.2) is 45.2 Å². The lowest BCUT2D eigenvalue weighted by Gasteiger charge is -2.14. The van der Waals surface area contributed by atoms with Crippen LogP contribution in [0.25, 0.3) is 0 Å². The number of hydrogen-bond acceptors (Lipinski definition) is 4. The Bertz CT molecular complexity index is 477. The normalized spacial score (nSPS) is 10.8. The van der Waals surface area contributed by atoms with E-state index in [4.69, 9.17) is 15.3 Å². The van der Waals surface area contributed by atoms with Crippen molar-refractivity contribution in [1.82, 2.24) is 5.32 Å². The van der Waals surface area contributed by atoms with Gasteiger partial charge in [0.05, 0.1) is 12.8 Å². The number of hydrogen-bond donors (Lipinski definition) is 4. The third kappa shape index (κ3) is 20.4. The Kier molecular flexibility index (Phi) is 16.6. The fourth-order valence-electron chi connectivity index (χ4n) is 3.23. The SMILES string of the molecule is O=C(O)CCCCCCCCCCCCCCC(=O)NC(CC(=O)O)CC(=O)O. The largest absolute Gasteiger partial charge is 0.481 e. The molecule has 4 N–H and O–H groups in total. The van der Waals surface area contributed by atoms with Crippen LogP contribution in [0.3, 0.4) is 0 Å². The third-order valence-corrected chi connectivity index (χ3v) is 4.75. The number of carboxylic acids is 3. The highest BCUT2D eigenvalue weighted by Gasteiger charge is 2.18. The number of amides is 1. The molecule has 0 unspecified atom stereocenters. The fraction of sp³-hybridized carbons (Fsp3) is 0.810. The smallest absolute Gasteiger partial charge is 0.305 e. The second kappa shape index (κ2) is 17.9. The lowest BCUT2D eigenvalue weighted by atomic mass is 10.0. The van der Waals surface area contributed by atoms with Gasteiger partial charge in [0.25, 0.3) is 0 Å². The van der Waals surface area contributed by atoms with Crippen molar-refractivity contribution >= 4 is 23.8 Å². The molecule has 0 aromatic carbocycles. The number of unbranched alkanes of at least 4 members (excludes halogenated alkanes) is 11. The number of carbonyl (C=O) groups is 4. The zero-order chi connectivity index (χ0) is 21.9. The van der Waals surface area contributed by atoms with E-state index in [1.165, 1.54) is 32.1 Å². The lowest BCUT2D eigenvalue weighted by Crippen LogP contribution is -2.37. The molecule has 0 radical (unpaired) electrons. The van der Waals surface area contributed by atoms with E-state index < -0.39 is 23.9 Å². The Balaban J connectivity index is 3.50. The van der Waals surface area contributed by atoms with Crippen molar-refractivity contribution in [2.75, 3.05) is 0 Å². The van der Waals surface area contributed by atoms with Gasteiger partial charge in [0.15, 0.2) is 0 Å². The van der Waals surface area contributed by atoms with Crippen LogP contribution in [0.5, 0.6) is 0 Å². The summed E-state index contributed by atoms with van der Waals surface area (Å²) in [4.78, 5) is 43.6. The lowest BCUT2D eigenvalue weighted by molar-refractivity contribution is -0.140. The first-order valence-corrected chi connectivity index (χ1v) is 10.8. The summed E-state index contributed by atoms with van der Waals surface area (Å²) in [6.07, 6.45) is 12.4. The predicted molar refractivity (Wildman–Crippen MR) is 109 cm³/mol. The van der Waals surface area contributed by atoms with Crippen LogP contribution in [0.15, 0.2) is 0 Å². The minimum atomic E-state index is -1.13. The molecule has 0 saturated carbocycles. The van der Waals surface area contributed by atoms with Gasteiger partial charge in [0.2, 0.25) is 5.91 Å². The number of rotatable bonds is 20. The van der Waals surface area contributed by atoms with Crippen LogP contribution in [0.1, 0.15) is 103 Å². The fourth-order valence-corrected chi connectivity index (χ4v) is 3.23. The van der Waals surface area contributed by atoms with E-state index >= 15 is 0 Å². The minimum Gasteiger partial charge on any atom is -0.481 e. The quantitative estimate of drug-likeness (QED) is 0.220. The van der Waals surface area contributed by atoms with E-state index in [0.29, 0.717) is 0 Å². The molecule has 0 aromatic heterocycles. The summed E-state index contributed by atoms with van der Waals surface area (Å²) < 4.78 is 0. The standard InChI is InChI=1S/C21H37NO7/c23-18(22-17(15-20(26)27)16-21(28)29)13-11-9-7-5-3-1-2-4-6-8-10-12-14-19(24)25/h17H,1-16H2,(H,22,23)(H,24,25)(H,26,27)(H,28,29). The van der Waals surface area contributed by atoms with Crippen LogP contribution < -0.4 is 5.32 Å². The molecule has 0 aliphatic heterocycles. The summed E-state index contributed by atoms with van der Waals surface area (Å²) in [5, 5.41) is 28.6. The minimum absolute atomic E-state index is 0.271. The van der Waals surface area contributed by atoms with Crippen LogP contribution in [0.4, 0.5) is 0 Å². The van der Waals surface area contributed by atoms with Crippen molar-refractivity contribution in [3.05, 3.63) is 0 Å². The number of carboxylic acid groups (broad SMARTS) is 3. The zero-order valence-electron chi connectivity index (χ0n) is 17.4. The Labute approximate surface area is 173 Å². The van der Waals surface area contributed by atoms with Crippen LogP contribution in [0.2, 0.25) is 0 Å². The summed E-state index contributed by atoms with van der Waals surface area (Å²) in [5.41, 5.74) is 0. The van der Waals surface area contributed by atoms with E-state index in [1.807, 2.05) is 0 Å². The third-order valence-electron chi connectivity index (χ3n) is 4.75. The molecule has 29 heavy (non-hydrogen) atoms. The summed E-state index contributed by atoms with van der Waals surface area (Å²) in [7, 11) is 0. The van der Waals surface area contributed by atoms with Gasteiger partial charge in [-0.05, 0) is 12.8 Å². The van der Waals surface area contributed by atoms with E-state index in [-0.39, 0.29) is 31.6 Å². The van der Waals surface area contributed by atoms with Gasteiger partial charge in [0, 0.05) is 18.9 Å². The molecule has 0 saturated heterocycles. The summed E-state index contributed by atoms with van der Waals surface area (Å²) in [5.74, 6) is -3.27. The summed E-state index contributed by atoms with van der Waals surface area (Å²) in [6, 6.07) is -0.866. The Morgan fingerprint density at radius 2 is 0.862 bits per heavy atom. The maximum Gasteiger partial charge on any atom is 0.305 e. The molecule has 0 heterocycles. The topological polar surface area (TPSA) is 141 Å². The second-order valence-electron chi connectivity index (χ2n) is 7.60. The molecule has 8 heteroatoms. The average Bonchev–Trinajstić information content (AvgIpc) is 2.60. The molecule has 8 nitrogen and oxygen atoms in total. The highest BCUT2D eigenvalue weighted by Crippen LogP contribution is 2.13. The zero-order valence-corrected chi connectivity index (χ0v) is 17.4.